The minimum atomic E-state index is -1.06. The molecule has 0 radical (unpaired) electrons. The fourth-order valence-electron chi connectivity index (χ4n) is 1.05. The maximum atomic E-state index is 10.7. The highest BCUT2D eigenvalue weighted by molar-refractivity contribution is 6.42. The Labute approximate surface area is 91.2 Å². The molecule has 1 aromatic rings. The summed E-state index contributed by atoms with van der Waals surface area (Å²) in [7, 11) is 1.32. The number of hydrogen-bond acceptors (Lipinski definition) is 2. The lowest BCUT2D eigenvalue weighted by Crippen LogP contribution is -2.13. The van der Waals surface area contributed by atoms with Crippen molar-refractivity contribution in [1.82, 2.24) is 0 Å². The molecule has 0 spiro atoms. The number of benzene rings is 1. The van der Waals surface area contributed by atoms with Gasteiger partial charge in [0.1, 0.15) is 0 Å². The van der Waals surface area contributed by atoms with Gasteiger partial charge in [-0.05, 0) is 17.7 Å². The van der Waals surface area contributed by atoms with Crippen LogP contribution in [-0.4, -0.2) is 18.2 Å². The van der Waals surface area contributed by atoms with Crippen LogP contribution in [-0.2, 0) is 9.53 Å². The molecular weight excluding hydrogens is 227 g/mol. The third kappa shape index (κ3) is 2.38. The van der Waals surface area contributed by atoms with E-state index < -0.39 is 12.1 Å². The Morgan fingerprint density at radius 3 is 2.50 bits per heavy atom. The Hall–Kier alpha value is -0.770. The van der Waals surface area contributed by atoms with Gasteiger partial charge in [0, 0.05) is 7.11 Å². The lowest BCUT2D eigenvalue weighted by molar-refractivity contribution is -0.148. The van der Waals surface area contributed by atoms with Gasteiger partial charge in [0.05, 0.1) is 10.0 Å². The summed E-state index contributed by atoms with van der Waals surface area (Å²) in [6.07, 6.45) is -1.01. The van der Waals surface area contributed by atoms with Gasteiger partial charge in [0.25, 0.3) is 0 Å². The topological polar surface area (TPSA) is 46.5 Å². The van der Waals surface area contributed by atoms with Crippen LogP contribution < -0.4 is 0 Å². The van der Waals surface area contributed by atoms with Crippen LogP contribution in [0, 0.1) is 0 Å². The summed E-state index contributed by atoms with van der Waals surface area (Å²) < 4.78 is 4.79. The summed E-state index contributed by atoms with van der Waals surface area (Å²) >= 11 is 11.4. The van der Waals surface area contributed by atoms with Crippen LogP contribution in [0.1, 0.15) is 11.7 Å². The lowest BCUT2D eigenvalue weighted by atomic mass is 10.1. The molecule has 0 bridgehead atoms. The van der Waals surface area contributed by atoms with E-state index in [1.807, 2.05) is 0 Å². The number of methoxy groups -OCH3 is 1. The van der Waals surface area contributed by atoms with Crippen molar-refractivity contribution in [2.24, 2.45) is 0 Å². The molecular formula is C9H8Cl2O3. The molecule has 1 unspecified atom stereocenters. The molecule has 5 heteroatoms. The van der Waals surface area contributed by atoms with E-state index in [2.05, 4.69) is 0 Å². The molecule has 1 rings (SSSR count). The molecule has 0 aliphatic rings. The van der Waals surface area contributed by atoms with E-state index in [1.54, 1.807) is 6.07 Å². The normalized spacial score (nSPS) is 12.5. The van der Waals surface area contributed by atoms with Crippen LogP contribution in [0.5, 0.6) is 0 Å². The molecule has 1 N–H and O–H groups in total. The van der Waals surface area contributed by atoms with E-state index in [4.69, 9.17) is 33.0 Å². The molecule has 0 fully saturated rings. The highest BCUT2D eigenvalue weighted by Crippen LogP contribution is 2.26. The van der Waals surface area contributed by atoms with Gasteiger partial charge in [-0.25, -0.2) is 4.79 Å². The predicted molar refractivity (Wildman–Crippen MR) is 53.8 cm³/mol. The number of rotatable bonds is 3. The number of hydrogen-bond donors (Lipinski definition) is 1. The Morgan fingerprint density at radius 1 is 1.43 bits per heavy atom. The van der Waals surface area contributed by atoms with Gasteiger partial charge in [0.2, 0.25) is 0 Å². The molecule has 0 aliphatic carbocycles. The van der Waals surface area contributed by atoms with E-state index in [1.165, 1.54) is 19.2 Å². The van der Waals surface area contributed by atoms with Gasteiger partial charge in [-0.2, -0.15) is 0 Å². The Balaban J connectivity index is 3.06. The fraction of sp³-hybridized carbons (Fsp3) is 0.222. The number of ether oxygens (including phenoxy) is 1. The quantitative estimate of drug-likeness (QED) is 0.876. The number of carboxylic acid groups (broad SMARTS) is 1. The van der Waals surface area contributed by atoms with Crippen LogP contribution in [0.2, 0.25) is 10.0 Å². The van der Waals surface area contributed by atoms with Crippen molar-refractivity contribution in [2.75, 3.05) is 7.11 Å². The largest absolute Gasteiger partial charge is 0.479 e. The number of aliphatic carboxylic acids is 1. The van der Waals surface area contributed by atoms with Crippen molar-refractivity contribution < 1.29 is 14.6 Å². The second kappa shape index (κ2) is 4.64. The fourth-order valence-corrected chi connectivity index (χ4v) is 1.36. The summed E-state index contributed by atoms with van der Waals surface area (Å²) in [5.41, 5.74) is 0.467. The van der Waals surface area contributed by atoms with E-state index >= 15 is 0 Å². The highest BCUT2D eigenvalue weighted by atomic mass is 35.5. The van der Waals surface area contributed by atoms with E-state index in [9.17, 15) is 4.79 Å². The predicted octanol–water partition coefficient (Wildman–Crippen LogP) is 2.77. The monoisotopic (exact) mass is 234 g/mol. The average molecular weight is 235 g/mol. The second-order valence-corrected chi connectivity index (χ2v) is 3.44. The molecule has 0 saturated heterocycles. The zero-order valence-corrected chi connectivity index (χ0v) is 8.84. The molecule has 14 heavy (non-hydrogen) atoms. The molecule has 0 amide bonds. The number of halogens is 2. The third-order valence-corrected chi connectivity index (χ3v) is 2.45. The highest BCUT2D eigenvalue weighted by Gasteiger charge is 2.19. The van der Waals surface area contributed by atoms with E-state index in [0.717, 1.165) is 0 Å². The molecule has 3 nitrogen and oxygen atoms in total. The average Bonchev–Trinajstić information content (AvgIpc) is 2.11. The van der Waals surface area contributed by atoms with Gasteiger partial charge in [0.15, 0.2) is 6.10 Å². The SMILES string of the molecule is COC(C(=O)O)c1ccc(Cl)c(Cl)c1. The summed E-state index contributed by atoms with van der Waals surface area (Å²) in [6, 6.07) is 4.58. The Bertz CT molecular complexity index is 352. The van der Waals surface area contributed by atoms with Crippen LogP contribution in [0.25, 0.3) is 0 Å². The molecule has 1 aromatic carbocycles. The van der Waals surface area contributed by atoms with Crippen molar-refractivity contribution in [3.05, 3.63) is 33.8 Å². The van der Waals surface area contributed by atoms with Gasteiger partial charge in [-0.1, -0.05) is 29.3 Å². The summed E-state index contributed by atoms with van der Waals surface area (Å²) in [5.74, 6) is -1.06. The van der Waals surface area contributed by atoms with Crippen LogP contribution in [0.15, 0.2) is 18.2 Å². The zero-order valence-electron chi connectivity index (χ0n) is 7.33. The van der Waals surface area contributed by atoms with Crippen LogP contribution >= 0.6 is 23.2 Å². The van der Waals surface area contributed by atoms with Crippen LogP contribution in [0.3, 0.4) is 0 Å². The van der Waals surface area contributed by atoms with Crippen molar-refractivity contribution in [2.45, 2.75) is 6.10 Å². The second-order valence-electron chi connectivity index (χ2n) is 2.63. The molecule has 76 valence electrons. The molecule has 0 aliphatic heterocycles. The summed E-state index contributed by atoms with van der Waals surface area (Å²) in [6.45, 7) is 0. The van der Waals surface area contributed by atoms with Gasteiger partial charge in [-0.3, -0.25) is 0 Å². The molecule has 1 atom stereocenters. The lowest BCUT2D eigenvalue weighted by Gasteiger charge is -2.10. The summed E-state index contributed by atoms with van der Waals surface area (Å²) in [5, 5.41) is 9.48. The van der Waals surface area contributed by atoms with Crippen molar-refractivity contribution in [3.63, 3.8) is 0 Å². The first kappa shape index (κ1) is 11.3. The minimum absolute atomic E-state index is 0.312. The smallest absolute Gasteiger partial charge is 0.337 e. The van der Waals surface area contributed by atoms with Gasteiger partial charge in [-0.15, -0.1) is 0 Å². The Kier molecular flexibility index (Phi) is 3.75. The molecule has 0 aromatic heterocycles. The first-order chi connectivity index (χ1) is 6.56. The number of carboxylic acids is 1. The molecule has 0 saturated carbocycles. The minimum Gasteiger partial charge on any atom is -0.479 e. The van der Waals surface area contributed by atoms with E-state index in [0.29, 0.717) is 15.6 Å². The first-order valence-electron chi connectivity index (χ1n) is 3.77. The third-order valence-electron chi connectivity index (χ3n) is 1.71. The maximum Gasteiger partial charge on any atom is 0.337 e. The van der Waals surface area contributed by atoms with Crippen LogP contribution in [0.4, 0.5) is 0 Å². The van der Waals surface area contributed by atoms with Gasteiger partial charge < -0.3 is 9.84 Å². The Morgan fingerprint density at radius 2 is 2.07 bits per heavy atom. The van der Waals surface area contributed by atoms with Crippen molar-refractivity contribution >= 4 is 29.2 Å². The van der Waals surface area contributed by atoms with Crippen molar-refractivity contribution in [3.8, 4) is 0 Å². The van der Waals surface area contributed by atoms with E-state index in [-0.39, 0.29) is 0 Å². The zero-order chi connectivity index (χ0) is 10.7. The van der Waals surface area contributed by atoms with Gasteiger partial charge >= 0.3 is 5.97 Å². The molecule has 0 heterocycles. The number of carbonyl (C=O) groups is 1. The first-order valence-corrected chi connectivity index (χ1v) is 4.52. The summed E-state index contributed by atoms with van der Waals surface area (Å²) in [4.78, 5) is 10.7. The van der Waals surface area contributed by atoms with Crippen molar-refractivity contribution in [1.29, 1.82) is 0 Å². The maximum absolute atomic E-state index is 10.7. The standard InChI is InChI=1S/C9H8Cl2O3/c1-14-8(9(12)13)5-2-3-6(10)7(11)4-5/h2-4,8H,1H3,(H,12,13).